The van der Waals surface area contributed by atoms with Crippen molar-refractivity contribution in [2.75, 3.05) is 6.54 Å². The summed E-state index contributed by atoms with van der Waals surface area (Å²) in [7, 11) is 0. The average molecular weight is 251 g/mol. The van der Waals surface area contributed by atoms with Crippen LogP contribution in [0, 0.1) is 11.8 Å². The minimum Gasteiger partial charge on any atom is -0.340 e. The van der Waals surface area contributed by atoms with E-state index in [2.05, 4.69) is 37.8 Å². The van der Waals surface area contributed by atoms with E-state index in [1.54, 1.807) is 0 Å². The van der Waals surface area contributed by atoms with Crippen LogP contribution in [0.2, 0.25) is 0 Å². The molecule has 0 spiro atoms. The van der Waals surface area contributed by atoms with Gasteiger partial charge in [-0.2, -0.15) is 0 Å². The smallest absolute Gasteiger partial charge is 0.222 e. The van der Waals surface area contributed by atoms with Crippen LogP contribution in [0.5, 0.6) is 0 Å². The van der Waals surface area contributed by atoms with E-state index < -0.39 is 0 Å². The van der Waals surface area contributed by atoms with E-state index in [1.807, 2.05) is 6.92 Å². The first-order valence-electron chi connectivity index (χ1n) is 7.54. The summed E-state index contributed by atoms with van der Waals surface area (Å²) in [4.78, 5) is 13.9. The van der Waals surface area contributed by atoms with E-state index in [4.69, 9.17) is 0 Å². The Labute approximate surface area is 112 Å². The Morgan fingerprint density at radius 1 is 1.28 bits per heavy atom. The molecule has 2 nitrogen and oxygen atoms in total. The Hall–Kier alpha value is -0.790. The highest BCUT2D eigenvalue weighted by Crippen LogP contribution is 2.42. The molecule has 1 aliphatic carbocycles. The third kappa shape index (κ3) is 4.83. The molecule has 0 aromatic rings. The second-order valence-corrected chi connectivity index (χ2v) is 5.71. The quantitative estimate of drug-likeness (QED) is 0.597. The van der Waals surface area contributed by atoms with Gasteiger partial charge in [-0.05, 0) is 51.4 Å². The molecule has 0 N–H and O–H groups in total. The number of hydrogen-bond acceptors (Lipinski definition) is 1. The molecule has 1 saturated carbocycles. The molecule has 0 saturated heterocycles. The summed E-state index contributed by atoms with van der Waals surface area (Å²) in [6.45, 7) is 9.35. The molecule has 0 unspecified atom stereocenters. The maximum Gasteiger partial charge on any atom is 0.222 e. The van der Waals surface area contributed by atoms with E-state index in [-0.39, 0.29) is 0 Å². The van der Waals surface area contributed by atoms with Crippen LogP contribution in [0.1, 0.15) is 59.8 Å². The van der Waals surface area contributed by atoms with Crippen molar-refractivity contribution in [3.8, 4) is 0 Å². The lowest BCUT2D eigenvalue weighted by atomic mass is 10.1. The van der Waals surface area contributed by atoms with Crippen LogP contribution < -0.4 is 0 Å². The van der Waals surface area contributed by atoms with Crippen LogP contribution in [0.3, 0.4) is 0 Å². The number of carbonyl (C=O) groups is 1. The summed E-state index contributed by atoms with van der Waals surface area (Å²) in [5, 5.41) is 0. The Morgan fingerprint density at radius 2 is 2.00 bits per heavy atom. The number of amides is 1. The van der Waals surface area contributed by atoms with Crippen molar-refractivity contribution in [2.45, 2.75) is 65.8 Å². The zero-order valence-corrected chi connectivity index (χ0v) is 12.5. The number of rotatable bonds is 8. The molecule has 1 rings (SSSR count). The Morgan fingerprint density at radius 3 is 2.56 bits per heavy atom. The maximum atomic E-state index is 11.8. The molecule has 2 atom stereocenters. The number of hydrogen-bond donors (Lipinski definition) is 0. The molecule has 104 valence electrons. The third-order valence-corrected chi connectivity index (χ3v) is 3.85. The monoisotopic (exact) mass is 251 g/mol. The number of carbonyl (C=O) groups excluding carboxylic acids is 1. The van der Waals surface area contributed by atoms with Crippen molar-refractivity contribution >= 4 is 5.91 Å². The molecular formula is C16H29NO. The molecule has 1 amide bonds. The highest BCUT2D eigenvalue weighted by Gasteiger charge is 2.38. The second kappa shape index (κ2) is 7.60. The molecule has 0 radical (unpaired) electrons. The molecule has 0 aromatic heterocycles. The normalized spacial score (nSPS) is 22.7. The minimum atomic E-state index is 0.307. The zero-order valence-electron chi connectivity index (χ0n) is 12.5. The summed E-state index contributed by atoms with van der Waals surface area (Å²) in [5.41, 5.74) is 0. The van der Waals surface area contributed by atoms with E-state index >= 15 is 0 Å². The molecule has 18 heavy (non-hydrogen) atoms. The van der Waals surface area contributed by atoms with Gasteiger partial charge in [-0.3, -0.25) is 4.79 Å². The first-order valence-corrected chi connectivity index (χ1v) is 7.54. The summed E-state index contributed by atoms with van der Waals surface area (Å²) in [5.74, 6) is 1.93. The molecule has 0 bridgehead atoms. The van der Waals surface area contributed by atoms with E-state index in [1.165, 1.54) is 19.3 Å². The predicted octanol–water partition coefficient (Wildman–Crippen LogP) is 4.02. The van der Waals surface area contributed by atoms with Gasteiger partial charge in [-0.1, -0.05) is 26.0 Å². The molecule has 0 aliphatic heterocycles. The fraction of sp³-hybridized carbons (Fsp3) is 0.812. The van der Waals surface area contributed by atoms with Gasteiger partial charge < -0.3 is 4.90 Å². The van der Waals surface area contributed by atoms with Crippen LogP contribution in [0.15, 0.2) is 12.2 Å². The van der Waals surface area contributed by atoms with Crippen molar-refractivity contribution in [1.29, 1.82) is 0 Å². The van der Waals surface area contributed by atoms with Crippen LogP contribution in [0.4, 0.5) is 0 Å². The third-order valence-electron chi connectivity index (χ3n) is 3.85. The first-order chi connectivity index (χ1) is 8.60. The van der Waals surface area contributed by atoms with Crippen LogP contribution in [-0.2, 0) is 4.79 Å². The van der Waals surface area contributed by atoms with Gasteiger partial charge in [0, 0.05) is 19.0 Å². The Kier molecular flexibility index (Phi) is 6.45. The average Bonchev–Trinajstić information content (AvgIpc) is 3.09. The molecule has 0 heterocycles. The van der Waals surface area contributed by atoms with Crippen LogP contribution >= 0.6 is 0 Å². The molecular weight excluding hydrogens is 222 g/mol. The van der Waals surface area contributed by atoms with Gasteiger partial charge in [0.1, 0.15) is 0 Å². The van der Waals surface area contributed by atoms with Gasteiger partial charge in [-0.25, -0.2) is 0 Å². The highest BCUT2D eigenvalue weighted by atomic mass is 16.2. The van der Waals surface area contributed by atoms with Crippen molar-refractivity contribution in [1.82, 2.24) is 4.90 Å². The molecule has 1 fully saturated rings. The van der Waals surface area contributed by atoms with Crippen molar-refractivity contribution < 1.29 is 4.79 Å². The largest absolute Gasteiger partial charge is 0.340 e. The molecule has 0 aromatic carbocycles. The maximum absolute atomic E-state index is 11.8. The van der Waals surface area contributed by atoms with Crippen LogP contribution in [0.25, 0.3) is 0 Å². The van der Waals surface area contributed by atoms with Gasteiger partial charge in [0.25, 0.3) is 0 Å². The predicted molar refractivity (Wildman–Crippen MR) is 77.4 cm³/mol. The van der Waals surface area contributed by atoms with Crippen molar-refractivity contribution in [3.63, 3.8) is 0 Å². The summed E-state index contributed by atoms with van der Waals surface area (Å²) < 4.78 is 0. The van der Waals surface area contributed by atoms with E-state index in [9.17, 15) is 4.79 Å². The lowest BCUT2D eigenvalue weighted by molar-refractivity contribution is -0.132. The van der Waals surface area contributed by atoms with Gasteiger partial charge in [0.15, 0.2) is 0 Å². The van der Waals surface area contributed by atoms with Gasteiger partial charge in [-0.15, -0.1) is 0 Å². The van der Waals surface area contributed by atoms with Gasteiger partial charge >= 0.3 is 0 Å². The summed E-state index contributed by atoms with van der Waals surface area (Å²) in [6.07, 6.45) is 10.1. The highest BCUT2D eigenvalue weighted by molar-refractivity contribution is 5.76. The first kappa shape index (κ1) is 15.3. The molecule has 1 aliphatic rings. The van der Waals surface area contributed by atoms with E-state index in [0.29, 0.717) is 18.4 Å². The minimum absolute atomic E-state index is 0.307. The molecule has 2 heteroatoms. The zero-order chi connectivity index (χ0) is 13.5. The Bertz CT molecular complexity index is 283. The second-order valence-electron chi connectivity index (χ2n) is 5.71. The standard InChI is InChI=1S/C16H29NO/c1-5-7-8-9-10-14-11-15(14)12-17(13(3)4)16(18)6-2/h7-8,13-15H,5-6,9-12H2,1-4H3/b8-7-/t14-,15-/m0/s1. The van der Waals surface area contributed by atoms with E-state index in [0.717, 1.165) is 24.8 Å². The van der Waals surface area contributed by atoms with Gasteiger partial charge in [0.05, 0.1) is 0 Å². The lowest BCUT2D eigenvalue weighted by Gasteiger charge is -2.26. The summed E-state index contributed by atoms with van der Waals surface area (Å²) in [6, 6.07) is 0.346. The summed E-state index contributed by atoms with van der Waals surface area (Å²) >= 11 is 0. The number of nitrogens with zero attached hydrogens (tertiary/aromatic N) is 1. The number of allylic oxidation sites excluding steroid dienone is 2. The topological polar surface area (TPSA) is 20.3 Å². The van der Waals surface area contributed by atoms with Crippen molar-refractivity contribution in [2.24, 2.45) is 11.8 Å². The lowest BCUT2D eigenvalue weighted by Crippen LogP contribution is -2.38. The fourth-order valence-corrected chi connectivity index (χ4v) is 2.54. The Balaban J connectivity index is 2.27. The van der Waals surface area contributed by atoms with Crippen molar-refractivity contribution in [3.05, 3.63) is 12.2 Å². The van der Waals surface area contributed by atoms with Gasteiger partial charge in [0.2, 0.25) is 5.91 Å². The van der Waals surface area contributed by atoms with Crippen LogP contribution in [-0.4, -0.2) is 23.4 Å². The fourth-order valence-electron chi connectivity index (χ4n) is 2.54. The SMILES string of the molecule is CC/C=C\CC[C@H]1C[C@H]1CN(C(=O)CC)C(C)C.